The molecule has 1 N–H and O–H groups in total. The van der Waals surface area contributed by atoms with E-state index >= 15 is 0 Å². The lowest BCUT2D eigenvalue weighted by Crippen LogP contribution is -2.55. The summed E-state index contributed by atoms with van der Waals surface area (Å²) in [6.07, 6.45) is 5.86. The SMILES string of the molecule is O=S1(=O)CCN(S(=O)(=O)c2c[nH]c3ncccc23)C(C2CCC2)C1. The van der Waals surface area contributed by atoms with E-state index in [1.54, 1.807) is 18.3 Å². The quantitative estimate of drug-likeness (QED) is 0.875. The summed E-state index contributed by atoms with van der Waals surface area (Å²) < 4.78 is 51.9. The van der Waals surface area contributed by atoms with Crippen molar-refractivity contribution in [2.24, 2.45) is 5.92 Å². The van der Waals surface area contributed by atoms with Gasteiger partial charge in [-0.15, -0.1) is 0 Å². The fraction of sp³-hybridized carbons (Fsp3) is 0.533. The van der Waals surface area contributed by atoms with Gasteiger partial charge in [-0.3, -0.25) is 0 Å². The third-order valence-corrected chi connectivity index (χ3v) is 8.73. The monoisotopic (exact) mass is 369 g/mol. The first kappa shape index (κ1) is 16.0. The van der Waals surface area contributed by atoms with E-state index in [2.05, 4.69) is 9.97 Å². The maximum Gasteiger partial charge on any atom is 0.245 e. The van der Waals surface area contributed by atoms with Gasteiger partial charge in [-0.25, -0.2) is 21.8 Å². The highest BCUT2D eigenvalue weighted by Crippen LogP contribution is 2.37. The molecule has 1 unspecified atom stereocenters. The van der Waals surface area contributed by atoms with Crippen LogP contribution in [0.15, 0.2) is 29.4 Å². The van der Waals surface area contributed by atoms with Crippen LogP contribution >= 0.6 is 0 Å². The van der Waals surface area contributed by atoms with Gasteiger partial charge in [0.25, 0.3) is 0 Å². The summed E-state index contributed by atoms with van der Waals surface area (Å²) in [6.45, 7) is 0.0266. The number of nitrogens with one attached hydrogen (secondary N) is 1. The molecule has 2 aromatic heterocycles. The third-order valence-electron chi connectivity index (χ3n) is 5.11. The van der Waals surface area contributed by atoms with E-state index in [0.29, 0.717) is 11.0 Å². The van der Waals surface area contributed by atoms with Gasteiger partial charge in [0.15, 0.2) is 9.84 Å². The van der Waals surface area contributed by atoms with Gasteiger partial charge >= 0.3 is 0 Å². The average molecular weight is 369 g/mol. The van der Waals surface area contributed by atoms with Crippen molar-refractivity contribution in [2.45, 2.75) is 30.2 Å². The second kappa shape index (κ2) is 5.53. The largest absolute Gasteiger partial charge is 0.345 e. The Morgan fingerprint density at radius 2 is 2.08 bits per heavy atom. The number of rotatable bonds is 3. The summed E-state index contributed by atoms with van der Waals surface area (Å²) in [5.41, 5.74) is 0.515. The van der Waals surface area contributed by atoms with Crippen LogP contribution in [0.3, 0.4) is 0 Å². The number of aromatic nitrogens is 2. The zero-order valence-corrected chi connectivity index (χ0v) is 14.7. The highest BCUT2D eigenvalue weighted by Gasteiger charge is 2.44. The minimum Gasteiger partial charge on any atom is -0.345 e. The van der Waals surface area contributed by atoms with E-state index < -0.39 is 25.9 Å². The Morgan fingerprint density at radius 1 is 1.29 bits per heavy atom. The number of hydrogen-bond acceptors (Lipinski definition) is 5. The van der Waals surface area contributed by atoms with Gasteiger partial charge in [-0.1, -0.05) is 6.42 Å². The molecular weight excluding hydrogens is 350 g/mol. The molecule has 2 aliphatic rings. The predicted molar refractivity (Wildman–Crippen MR) is 89.8 cm³/mol. The number of H-pyrrole nitrogens is 1. The van der Waals surface area contributed by atoms with E-state index in [0.717, 1.165) is 19.3 Å². The highest BCUT2D eigenvalue weighted by molar-refractivity contribution is 7.92. The minimum absolute atomic E-state index is 0.0266. The molecule has 7 nitrogen and oxygen atoms in total. The van der Waals surface area contributed by atoms with Crippen molar-refractivity contribution in [3.63, 3.8) is 0 Å². The second-order valence-electron chi connectivity index (χ2n) is 6.54. The van der Waals surface area contributed by atoms with Gasteiger partial charge in [-0.05, 0) is 30.9 Å². The normalized spacial score (nSPS) is 25.6. The molecule has 2 fully saturated rings. The smallest absolute Gasteiger partial charge is 0.245 e. The molecule has 1 atom stereocenters. The lowest BCUT2D eigenvalue weighted by Gasteiger charge is -2.42. The molecule has 1 saturated carbocycles. The molecule has 1 aliphatic carbocycles. The summed E-state index contributed by atoms with van der Waals surface area (Å²) in [6, 6.07) is 2.95. The minimum atomic E-state index is -3.77. The Hall–Kier alpha value is -1.45. The first-order valence-electron chi connectivity index (χ1n) is 8.03. The average Bonchev–Trinajstić information content (AvgIpc) is 2.89. The van der Waals surface area contributed by atoms with Crippen molar-refractivity contribution in [1.29, 1.82) is 0 Å². The molecule has 0 aromatic carbocycles. The molecule has 1 saturated heterocycles. The number of nitrogens with zero attached hydrogens (tertiary/aromatic N) is 2. The van der Waals surface area contributed by atoms with Gasteiger partial charge in [0, 0.05) is 30.4 Å². The maximum atomic E-state index is 13.2. The molecular formula is C15H19N3O4S2. The first-order valence-corrected chi connectivity index (χ1v) is 11.3. The van der Waals surface area contributed by atoms with Crippen LogP contribution in [0.1, 0.15) is 19.3 Å². The lowest BCUT2D eigenvalue weighted by molar-refractivity contribution is 0.175. The zero-order valence-electron chi connectivity index (χ0n) is 13.1. The molecule has 0 spiro atoms. The van der Waals surface area contributed by atoms with E-state index in [1.807, 2.05) is 0 Å². The van der Waals surface area contributed by atoms with Crippen LogP contribution in [0.25, 0.3) is 11.0 Å². The summed E-state index contributed by atoms with van der Waals surface area (Å²) in [7, 11) is -6.95. The molecule has 0 amide bonds. The van der Waals surface area contributed by atoms with Crippen molar-refractivity contribution in [2.75, 3.05) is 18.1 Å². The summed E-state index contributed by atoms with van der Waals surface area (Å²) in [5, 5.41) is 0.540. The first-order chi connectivity index (χ1) is 11.4. The van der Waals surface area contributed by atoms with Crippen molar-refractivity contribution < 1.29 is 16.8 Å². The van der Waals surface area contributed by atoms with E-state index in [4.69, 9.17) is 0 Å². The number of sulfonamides is 1. The molecule has 24 heavy (non-hydrogen) atoms. The van der Waals surface area contributed by atoms with Gasteiger partial charge in [0.05, 0.1) is 11.5 Å². The molecule has 2 aromatic rings. The van der Waals surface area contributed by atoms with Crippen LogP contribution in [0.5, 0.6) is 0 Å². The van der Waals surface area contributed by atoms with Crippen molar-refractivity contribution in [3.8, 4) is 0 Å². The molecule has 130 valence electrons. The van der Waals surface area contributed by atoms with E-state index in [9.17, 15) is 16.8 Å². The fourth-order valence-corrected chi connectivity index (χ4v) is 7.25. The van der Waals surface area contributed by atoms with Crippen LogP contribution in [0, 0.1) is 5.92 Å². The van der Waals surface area contributed by atoms with E-state index in [-0.39, 0.29) is 28.9 Å². The Balaban J connectivity index is 1.77. The maximum absolute atomic E-state index is 13.2. The van der Waals surface area contributed by atoms with Crippen molar-refractivity contribution in [3.05, 3.63) is 24.5 Å². The predicted octanol–water partition coefficient (Wildman–Crippen LogP) is 1.15. The van der Waals surface area contributed by atoms with Gasteiger partial charge < -0.3 is 4.98 Å². The summed E-state index contributed by atoms with van der Waals surface area (Å²) in [4.78, 5) is 7.19. The van der Waals surface area contributed by atoms with Crippen molar-refractivity contribution in [1.82, 2.24) is 14.3 Å². The topological polar surface area (TPSA) is 100 Å². The molecule has 0 bridgehead atoms. The molecule has 4 rings (SSSR count). The molecule has 9 heteroatoms. The summed E-state index contributed by atoms with van der Waals surface area (Å²) >= 11 is 0. The lowest BCUT2D eigenvalue weighted by atomic mass is 9.80. The third kappa shape index (κ3) is 2.55. The highest BCUT2D eigenvalue weighted by atomic mass is 32.2. The number of aromatic amines is 1. The number of hydrogen-bond donors (Lipinski definition) is 1. The summed E-state index contributed by atoms with van der Waals surface area (Å²) in [5.74, 6) is -0.0497. The Kier molecular flexibility index (Phi) is 3.70. The molecule has 1 aliphatic heterocycles. The number of pyridine rings is 1. The Labute approximate surface area is 141 Å². The van der Waals surface area contributed by atoms with Gasteiger partial charge in [-0.2, -0.15) is 4.31 Å². The number of sulfone groups is 1. The van der Waals surface area contributed by atoms with Crippen LogP contribution in [0.2, 0.25) is 0 Å². The van der Waals surface area contributed by atoms with E-state index in [1.165, 1.54) is 10.5 Å². The molecule has 3 heterocycles. The van der Waals surface area contributed by atoms with Crippen LogP contribution in [-0.2, 0) is 19.9 Å². The Bertz CT molecular complexity index is 977. The second-order valence-corrected chi connectivity index (χ2v) is 10.6. The van der Waals surface area contributed by atoms with Crippen LogP contribution in [-0.4, -0.2) is 55.2 Å². The van der Waals surface area contributed by atoms with Gasteiger partial charge in [0.1, 0.15) is 10.5 Å². The zero-order chi connectivity index (χ0) is 16.9. The van der Waals surface area contributed by atoms with Crippen molar-refractivity contribution >= 4 is 30.9 Å². The Morgan fingerprint density at radius 3 is 2.79 bits per heavy atom. The number of fused-ring (bicyclic) bond motifs is 1. The van der Waals surface area contributed by atoms with Gasteiger partial charge in [0.2, 0.25) is 10.0 Å². The van der Waals surface area contributed by atoms with Crippen LogP contribution in [0.4, 0.5) is 0 Å². The fourth-order valence-electron chi connectivity index (χ4n) is 3.59. The molecule has 0 radical (unpaired) electrons. The standard InChI is InChI=1S/C15H19N3O4S2/c19-23(20)8-7-18(13(10-23)11-3-1-4-11)24(21,22)14-9-17-15-12(14)5-2-6-16-15/h2,5-6,9,11,13H,1,3-4,7-8,10H2,(H,16,17). The van der Waals surface area contributed by atoms with Crippen LogP contribution < -0.4 is 0 Å².